The van der Waals surface area contributed by atoms with Crippen LogP contribution in [-0.2, 0) is 4.79 Å². The van der Waals surface area contributed by atoms with Crippen LogP contribution in [0.25, 0.3) is 22.4 Å². The van der Waals surface area contributed by atoms with Crippen molar-refractivity contribution in [1.82, 2.24) is 24.8 Å². The summed E-state index contributed by atoms with van der Waals surface area (Å²) in [6.45, 7) is 5.10. The zero-order valence-electron chi connectivity index (χ0n) is 21.2. The van der Waals surface area contributed by atoms with E-state index in [-0.39, 0.29) is 17.7 Å². The first-order chi connectivity index (χ1) is 17.8. The first-order valence-corrected chi connectivity index (χ1v) is 11.5. The highest BCUT2D eigenvalue weighted by Crippen LogP contribution is 2.38. The maximum absolute atomic E-state index is 13.6. The van der Waals surface area contributed by atoms with Crippen LogP contribution < -0.4 is 20.3 Å². The van der Waals surface area contributed by atoms with E-state index in [1.807, 2.05) is 32.1 Å². The average molecular weight is 505 g/mol. The fourth-order valence-corrected chi connectivity index (χ4v) is 3.74. The summed E-state index contributed by atoms with van der Waals surface area (Å²) >= 11 is 0. The Morgan fingerprint density at radius 3 is 2.68 bits per heavy atom. The third-order valence-electron chi connectivity index (χ3n) is 5.70. The Bertz CT molecular complexity index is 1440. The highest BCUT2D eigenvalue weighted by molar-refractivity contribution is 6.02. The lowest BCUT2D eigenvalue weighted by Gasteiger charge is -2.25. The number of likely N-dealkylation sites (N-methyl/N-ethyl adjacent to an activating group) is 2. The molecule has 0 aliphatic heterocycles. The minimum Gasteiger partial charge on any atom is -0.494 e. The summed E-state index contributed by atoms with van der Waals surface area (Å²) in [5.41, 5.74) is 3.28. The number of nitrogens with one attached hydrogen (secondary N) is 3. The predicted octanol–water partition coefficient (Wildman–Crippen LogP) is 4.03. The van der Waals surface area contributed by atoms with Crippen LogP contribution in [0.15, 0.2) is 55.4 Å². The molecule has 10 nitrogen and oxygen atoms in total. The predicted molar refractivity (Wildman–Crippen MR) is 144 cm³/mol. The monoisotopic (exact) mass is 504 g/mol. The third-order valence-corrected chi connectivity index (χ3v) is 5.70. The van der Waals surface area contributed by atoms with E-state index in [1.54, 1.807) is 25.3 Å². The van der Waals surface area contributed by atoms with Gasteiger partial charge < -0.3 is 30.2 Å². The van der Waals surface area contributed by atoms with Gasteiger partial charge >= 0.3 is 0 Å². The van der Waals surface area contributed by atoms with Gasteiger partial charge in [-0.25, -0.2) is 14.4 Å². The second-order valence-corrected chi connectivity index (χ2v) is 8.66. The molecule has 0 aliphatic carbocycles. The number of rotatable bonds is 10. The molecule has 2 aromatic heterocycles. The van der Waals surface area contributed by atoms with Crippen molar-refractivity contribution in [2.75, 3.05) is 56.9 Å². The van der Waals surface area contributed by atoms with Gasteiger partial charge in [0.1, 0.15) is 17.9 Å². The Balaban J connectivity index is 1.67. The molecule has 2 aromatic carbocycles. The molecule has 37 heavy (non-hydrogen) atoms. The van der Waals surface area contributed by atoms with Crippen LogP contribution in [0.3, 0.4) is 0 Å². The molecular weight excluding hydrogens is 475 g/mol. The van der Waals surface area contributed by atoms with Crippen LogP contribution in [0, 0.1) is 5.82 Å². The summed E-state index contributed by atoms with van der Waals surface area (Å²) in [6.07, 6.45) is 2.60. The summed E-state index contributed by atoms with van der Waals surface area (Å²) in [7, 11) is 7.51. The number of fused-ring (bicyclic) bond motifs is 1. The molecule has 0 saturated heterocycles. The van der Waals surface area contributed by atoms with Crippen molar-refractivity contribution < 1.29 is 13.9 Å². The van der Waals surface area contributed by atoms with Gasteiger partial charge in [0.2, 0.25) is 11.9 Å². The number of benzene rings is 2. The number of aromatic nitrogens is 4. The van der Waals surface area contributed by atoms with Crippen molar-refractivity contribution in [3.8, 4) is 17.3 Å². The topological polar surface area (TPSA) is 111 Å². The molecule has 2 heterocycles. The van der Waals surface area contributed by atoms with E-state index < -0.39 is 0 Å². The molecule has 0 fully saturated rings. The summed E-state index contributed by atoms with van der Waals surface area (Å²) in [5.74, 6) is 0.525. The molecule has 4 rings (SSSR count). The highest BCUT2D eigenvalue weighted by Gasteiger charge is 2.17. The van der Waals surface area contributed by atoms with Crippen LogP contribution in [0.4, 0.5) is 27.4 Å². The molecule has 1 amide bonds. The number of carbonyl (C=O) groups excluding carboxylic acids is 1. The summed E-state index contributed by atoms with van der Waals surface area (Å²) < 4.78 is 19.2. The molecule has 4 aromatic rings. The molecule has 0 atom stereocenters. The van der Waals surface area contributed by atoms with Crippen molar-refractivity contribution in [3.63, 3.8) is 0 Å². The fraction of sp³-hybridized carbons (Fsp3) is 0.231. The number of halogens is 1. The summed E-state index contributed by atoms with van der Waals surface area (Å²) in [5, 5.41) is 6.74. The number of anilines is 4. The average Bonchev–Trinajstić information content (AvgIpc) is 3.31. The first kappa shape index (κ1) is 25.6. The standard InChI is InChI=1S/C26H29FN8O2/c1-6-24(36)31-19-13-20(23(37-5)14-22(19)35(4)10-9-34(2)3)32-26-29-15-28-25(33-26)21-12-16-11-17(27)7-8-18(16)30-21/h6-8,11-15,30H,1,9-10H2,2-5H3,(H,31,36)(H,28,29,32,33). The van der Waals surface area contributed by atoms with Gasteiger partial charge in [0, 0.05) is 37.1 Å². The molecular formula is C26H29FN8O2. The lowest BCUT2D eigenvalue weighted by atomic mass is 10.2. The number of ether oxygens (including phenoxy) is 1. The second kappa shape index (κ2) is 11.0. The van der Waals surface area contributed by atoms with Gasteiger partial charge in [-0.3, -0.25) is 4.79 Å². The first-order valence-electron chi connectivity index (χ1n) is 11.5. The van der Waals surface area contributed by atoms with Crippen LogP contribution in [-0.4, -0.2) is 72.1 Å². The Morgan fingerprint density at radius 1 is 1.14 bits per heavy atom. The van der Waals surface area contributed by atoms with E-state index in [1.165, 1.54) is 24.5 Å². The minimum atomic E-state index is -0.337. The molecule has 11 heteroatoms. The van der Waals surface area contributed by atoms with E-state index in [9.17, 15) is 9.18 Å². The molecule has 0 spiro atoms. The molecule has 0 unspecified atom stereocenters. The molecule has 0 aliphatic rings. The molecule has 3 N–H and O–H groups in total. The van der Waals surface area contributed by atoms with Crippen molar-refractivity contribution >= 4 is 39.8 Å². The van der Waals surface area contributed by atoms with E-state index in [4.69, 9.17) is 4.74 Å². The number of hydrogen-bond donors (Lipinski definition) is 3. The number of carbonyl (C=O) groups is 1. The maximum atomic E-state index is 13.6. The lowest BCUT2D eigenvalue weighted by Crippen LogP contribution is -2.29. The normalized spacial score (nSPS) is 11.0. The highest BCUT2D eigenvalue weighted by atomic mass is 19.1. The van der Waals surface area contributed by atoms with Gasteiger partial charge in [-0.15, -0.1) is 0 Å². The van der Waals surface area contributed by atoms with Gasteiger partial charge in [-0.05, 0) is 50.5 Å². The fourth-order valence-electron chi connectivity index (χ4n) is 3.74. The minimum absolute atomic E-state index is 0.267. The SMILES string of the molecule is C=CC(=O)Nc1cc(Nc2ncnc(-c3cc4cc(F)ccc4[nH]3)n2)c(OC)cc1N(C)CCN(C)C. The zero-order valence-corrected chi connectivity index (χ0v) is 21.2. The van der Waals surface area contributed by atoms with E-state index in [0.29, 0.717) is 34.0 Å². The van der Waals surface area contributed by atoms with Crippen LogP contribution >= 0.6 is 0 Å². The second-order valence-electron chi connectivity index (χ2n) is 8.66. The third kappa shape index (κ3) is 6.01. The van der Waals surface area contributed by atoms with Crippen molar-refractivity contribution in [2.45, 2.75) is 0 Å². The van der Waals surface area contributed by atoms with Gasteiger partial charge in [0.15, 0.2) is 5.82 Å². The van der Waals surface area contributed by atoms with Crippen molar-refractivity contribution in [3.05, 3.63) is 61.2 Å². The number of methoxy groups -OCH3 is 1. The number of H-pyrrole nitrogens is 1. The molecule has 0 saturated carbocycles. The maximum Gasteiger partial charge on any atom is 0.247 e. The Labute approximate surface area is 214 Å². The van der Waals surface area contributed by atoms with Crippen molar-refractivity contribution in [1.29, 1.82) is 0 Å². The Morgan fingerprint density at radius 2 is 1.95 bits per heavy atom. The molecule has 0 radical (unpaired) electrons. The Hall–Kier alpha value is -4.51. The Kier molecular flexibility index (Phi) is 7.63. The lowest BCUT2D eigenvalue weighted by molar-refractivity contribution is -0.111. The van der Waals surface area contributed by atoms with Crippen LogP contribution in [0.5, 0.6) is 5.75 Å². The smallest absolute Gasteiger partial charge is 0.247 e. The van der Waals surface area contributed by atoms with Gasteiger partial charge in [0.05, 0.1) is 29.9 Å². The van der Waals surface area contributed by atoms with Gasteiger partial charge in [-0.2, -0.15) is 4.98 Å². The zero-order chi connectivity index (χ0) is 26.5. The number of nitrogens with zero attached hydrogens (tertiary/aromatic N) is 5. The number of amides is 1. The molecule has 192 valence electrons. The summed E-state index contributed by atoms with van der Waals surface area (Å²) in [4.78, 5) is 32.5. The van der Waals surface area contributed by atoms with Gasteiger partial charge in [0.25, 0.3) is 0 Å². The van der Waals surface area contributed by atoms with Crippen molar-refractivity contribution in [2.24, 2.45) is 0 Å². The van der Waals surface area contributed by atoms with Gasteiger partial charge in [-0.1, -0.05) is 6.58 Å². The quantitative estimate of drug-likeness (QED) is 0.278. The number of aromatic amines is 1. The van der Waals surface area contributed by atoms with Crippen LogP contribution in [0.1, 0.15) is 0 Å². The number of hydrogen-bond acceptors (Lipinski definition) is 8. The van der Waals surface area contributed by atoms with E-state index in [0.717, 1.165) is 24.3 Å². The van der Waals surface area contributed by atoms with E-state index in [2.05, 4.69) is 42.0 Å². The van der Waals surface area contributed by atoms with E-state index >= 15 is 0 Å². The largest absolute Gasteiger partial charge is 0.494 e. The van der Waals surface area contributed by atoms with Crippen LogP contribution in [0.2, 0.25) is 0 Å². The molecule has 0 bridgehead atoms. The summed E-state index contributed by atoms with van der Waals surface area (Å²) in [6, 6.07) is 9.87.